The molecular weight excluding hydrogens is 256 g/mol. The number of carbonyl (C=O) groups is 1. The van der Waals surface area contributed by atoms with Crippen LogP contribution in [0.4, 0.5) is 0 Å². The first-order chi connectivity index (χ1) is 9.70. The average molecular weight is 272 g/mol. The van der Waals surface area contributed by atoms with Crippen molar-refractivity contribution in [3.8, 4) is 5.75 Å². The number of hydrogen-bond donors (Lipinski definition) is 1. The summed E-state index contributed by atoms with van der Waals surface area (Å²) in [6, 6.07) is 10.4. The Morgan fingerprint density at radius 1 is 1.30 bits per heavy atom. The maximum atomic E-state index is 11.9. The summed E-state index contributed by atoms with van der Waals surface area (Å²) in [4.78, 5) is 11.9. The van der Waals surface area contributed by atoms with Gasteiger partial charge in [0.25, 0.3) is 5.91 Å². The maximum absolute atomic E-state index is 11.9. The lowest BCUT2D eigenvalue weighted by Crippen LogP contribution is -2.19. The Balaban J connectivity index is 1.99. The number of carbonyl (C=O) groups excluding carboxylic acids is 1. The number of amides is 1. The topological polar surface area (TPSA) is 63.8 Å². The third kappa shape index (κ3) is 3.47. The van der Waals surface area contributed by atoms with E-state index < -0.39 is 0 Å². The Labute approximate surface area is 117 Å². The second-order valence-electron chi connectivity index (χ2n) is 4.07. The fourth-order valence-corrected chi connectivity index (χ4v) is 1.61. The molecule has 2 aromatic rings. The van der Waals surface area contributed by atoms with E-state index in [-0.39, 0.29) is 5.91 Å². The van der Waals surface area contributed by atoms with Crippen LogP contribution >= 0.6 is 0 Å². The molecule has 104 valence electrons. The van der Waals surface area contributed by atoms with Gasteiger partial charge in [0.1, 0.15) is 17.2 Å². The van der Waals surface area contributed by atoms with Crippen LogP contribution in [0.15, 0.2) is 52.2 Å². The number of rotatable bonds is 5. The van der Waals surface area contributed by atoms with Crippen molar-refractivity contribution in [2.75, 3.05) is 6.61 Å². The number of furan rings is 1. The van der Waals surface area contributed by atoms with Crippen molar-refractivity contribution < 1.29 is 13.9 Å². The van der Waals surface area contributed by atoms with Crippen LogP contribution in [0.5, 0.6) is 5.75 Å². The zero-order chi connectivity index (χ0) is 14.4. The lowest BCUT2D eigenvalue weighted by Gasteiger charge is -2.04. The van der Waals surface area contributed by atoms with Gasteiger partial charge in [-0.15, -0.1) is 0 Å². The van der Waals surface area contributed by atoms with Crippen molar-refractivity contribution in [3.63, 3.8) is 0 Å². The fraction of sp³-hybridized carbons (Fsp3) is 0.200. The first-order valence-corrected chi connectivity index (χ1v) is 6.32. The molecule has 0 atom stereocenters. The molecule has 1 aromatic heterocycles. The van der Waals surface area contributed by atoms with Gasteiger partial charge in [-0.05, 0) is 50.2 Å². The molecule has 0 fully saturated rings. The molecule has 20 heavy (non-hydrogen) atoms. The van der Waals surface area contributed by atoms with Crippen molar-refractivity contribution in [1.29, 1.82) is 0 Å². The summed E-state index contributed by atoms with van der Waals surface area (Å²) in [5.74, 6) is 1.08. The van der Waals surface area contributed by atoms with E-state index in [1.807, 2.05) is 6.92 Å². The van der Waals surface area contributed by atoms with E-state index >= 15 is 0 Å². The number of hydrazone groups is 1. The van der Waals surface area contributed by atoms with E-state index in [1.54, 1.807) is 49.6 Å². The van der Waals surface area contributed by atoms with Crippen LogP contribution in [-0.2, 0) is 0 Å². The van der Waals surface area contributed by atoms with Crippen molar-refractivity contribution in [2.24, 2.45) is 5.10 Å². The molecule has 1 aromatic carbocycles. The molecule has 1 N–H and O–H groups in total. The molecule has 1 amide bonds. The number of nitrogens with one attached hydrogen (secondary N) is 1. The second kappa shape index (κ2) is 6.56. The lowest BCUT2D eigenvalue weighted by atomic mass is 10.2. The van der Waals surface area contributed by atoms with Crippen LogP contribution < -0.4 is 10.2 Å². The van der Waals surface area contributed by atoms with Gasteiger partial charge in [0.15, 0.2) is 0 Å². The monoisotopic (exact) mass is 272 g/mol. The van der Waals surface area contributed by atoms with Crippen molar-refractivity contribution in [2.45, 2.75) is 13.8 Å². The van der Waals surface area contributed by atoms with E-state index in [0.29, 0.717) is 23.6 Å². The summed E-state index contributed by atoms with van der Waals surface area (Å²) in [5, 5.41) is 3.99. The summed E-state index contributed by atoms with van der Waals surface area (Å²) >= 11 is 0. The minimum atomic E-state index is -0.279. The van der Waals surface area contributed by atoms with Gasteiger partial charge in [-0.3, -0.25) is 4.79 Å². The maximum Gasteiger partial charge on any atom is 0.271 e. The number of nitrogens with zero attached hydrogens (tertiary/aromatic N) is 1. The molecule has 0 bridgehead atoms. The van der Waals surface area contributed by atoms with E-state index in [0.717, 1.165) is 5.75 Å². The summed E-state index contributed by atoms with van der Waals surface area (Å²) < 4.78 is 10.5. The molecule has 5 heteroatoms. The highest BCUT2D eigenvalue weighted by Gasteiger charge is 2.06. The van der Waals surface area contributed by atoms with Gasteiger partial charge in [-0.25, -0.2) is 5.43 Å². The van der Waals surface area contributed by atoms with Gasteiger partial charge in [0, 0.05) is 5.56 Å². The summed E-state index contributed by atoms with van der Waals surface area (Å²) in [5.41, 5.74) is 3.61. The van der Waals surface area contributed by atoms with Gasteiger partial charge < -0.3 is 9.15 Å². The molecule has 5 nitrogen and oxygen atoms in total. The molecule has 0 aliphatic carbocycles. The molecular formula is C15H16N2O3. The Bertz CT molecular complexity index is 586. The van der Waals surface area contributed by atoms with Crippen LogP contribution in [-0.4, -0.2) is 18.2 Å². The first kappa shape index (κ1) is 13.9. The van der Waals surface area contributed by atoms with Gasteiger partial charge in [0.2, 0.25) is 0 Å². The van der Waals surface area contributed by atoms with Crippen LogP contribution in [0, 0.1) is 0 Å². The quantitative estimate of drug-likeness (QED) is 0.672. The van der Waals surface area contributed by atoms with Crippen molar-refractivity contribution in [3.05, 3.63) is 54.0 Å². The van der Waals surface area contributed by atoms with E-state index in [9.17, 15) is 4.79 Å². The minimum absolute atomic E-state index is 0.279. The average Bonchev–Trinajstić information content (AvgIpc) is 3.00. The van der Waals surface area contributed by atoms with Gasteiger partial charge >= 0.3 is 0 Å². The molecule has 0 unspecified atom stereocenters. The molecule has 1 heterocycles. The highest BCUT2D eigenvalue weighted by atomic mass is 16.5. The SMILES string of the molecule is CCOc1ccc(C(=O)N/N=C(\C)c2ccco2)cc1. The predicted octanol–water partition coefficient (Wildman–Crippen LogP) is 2.83. The number of benzene rings is 1. The van der Waals surface area contributed by atoms with Crippen LogP contribution in [0.2, 0.25) is 0 Å². The summed E-state index contributed by atoms with van der Waals surface area (Å²) in [7, 11) is 0. The van der Waals surface area contributed by atoms with Crippen molar-refractivity contribution >= 4 is 11.6 Å². The van der Waals surface area contributed by atoms with E-state index in [2.05, 4.69) is 10.5 Å². The van der Waals surface area contributed by atoms with Crippen molar-refractivity contribution in [1.82, 2.24) is 5.43 Å². The standard InChI is InChI=1S/C15H16N2O3/c1-3-19-13-8-6-12(7-9-13)15(18)17-16-11(2)14-5-4-10-20-14/h4-10H,3H2,1-2H3,(H,17,18)/b16-11+. The summed E-state index contributed by atoms with van der Waals surface area (Å²) in [6.45, 7) is 4.27. The Morgan fingerprint density at radius 2 is 2.05 bits per heavy atom. The molecule has 0 aliphatic heterocycles. The zero-order valence-corrected chi connectivity index (χ0v) is 11.4. The third-order valence-electron chi connectivity index (χ3n) is 2.63. The smallest absolute Gasteiger partial charge is 0.271 e. The molecule has 0 aliphatic rings. The molecule has 0 saturated heterocycles. The Hall–Kier alpha value is -2.56. The van der Waals surface area contributed by atoms with Gasteiger partial charge in [0.05, 0.1) is 12.9 Å². The van der Waals surface area contributed by atoms with E-state index in [4.69, 9.17) is 9.15 Å². The number of ether oxygens (including phenoxy) is 1. The highest BCUT2D eigenvalue weighted by Crippen LogP contribution is 2.12. The van der Waals surface area contributed by atoms with Crippen LogP contribution in [0.25, 0.3) is 0 Å². The molecule has 0 radical (unpaired) electrons. The normalized spacial score (nSPS) is 11.2. The largest absolute Gasteiger partial charge is 0.494 e. The molecule has 0 saturated carbocycles. The Morgan fingerprint density at radius 3 is 2.65 bits per heavy atom. The Kier molecular flexibility index (Phi) is 4.55. The van der Waals surface area contributed by atoms with Crippen LogP contribution in [0.3, 0.4) is 0 Å². The lowest BCUT2D eigenvalue weighted by molar-refractivity contribution is 0.0955. The minimum Gasteiger partial charge on any atom is -0.494 e. The second-order valence-corrected chi connectivity index (χ2v) is 4.07. The predicted molar refractivity (Wildman–Crippen MR) is 76.0 cm³/mol. The first-order valence-electron chi connectivity index (χ1n) is 6.32. The molecule has 0 spiro atoms. The van der Waals surface area contributed by atoms with E-state index in [1.165, 1.54) is 0 Å². The van der Waals surface area contributed by atoms with Crippen LogP contribution in [0.1, 0.15) is 30.0 Å². The van der Waals surface area contributed by atoms with Gasteiger partial charge in [-0.1, -0.05) is 0 Å². The number of hydrogen-bond acceptors (Lipinski definition) is 4. The highest BCUT2D eigenvalue weighted by molar-refractivity contribution is 5.99. The molecule has 2 rings (SSSR count). The van der Waals surface area contributed by atoms with Gasteiger partial charge in [-0.2, -0.15) is 5.10 Å². The zero-order valence-electron chi connectivity index (χ0n) is 11.4. The summed E-state index contributed by atoms with van der Waals surface area (Å²) in [6.07, 6.45) is 1.56. The third-order valence-corrected chi connectivity index (χ3v) is 2.63. The fourth-order valence-electron chi connectivity index (χ4n) is 1.61.